The van der Waals surface area contributed by atoms with E-state index >= 15 is 0 Å². The third-order valence-corrected chi connectivity index (χ3v) is 6.14. The second-order valence-electron chi connectivity index (χ2n) is 9.06. The topological polar surface area (TPSA) is 99.7 Å². The summed E-state index contributed by atoms with van der Waals surface area (Å²) in [5.41, 5.74) is 1.59. The minimum Gasteiger partial charge on any atom is -0.352 e. The fraction of sp³-hybridized carbons (Fsp3) is 0.400. The number of nitrogens with zero attached hydrogens (tertiary/aromatic N) is 3. The molecule has 0 bridgehead atoms. The maximum Gasteiger partial charge on any atom is 0.261 e. The Morgan fingerprint density at radius 3 is 2.45 bits per heavy atom. The molecule has 1 aromatic heterocycles. The summed E-state index contributed by atoms with van der Waals surface area (Å²) in [6.07, 6.45) is 4.81. The Kier molecular flexibility index (Phi) is 6.53. The van der Waals surface area contributed by atoms with Gasteiger partial charge in [0.05, 0.1) is 16.7 Å². The highest BCUT2D eigenvalue weighted by Crippen LogP contribution is 2.25. The van der Waals surface area contributed by atoms with E-state index in [-0.39, 0.29) is 41.0 Å². The molecule has 4 amide bonds. The molecule has 0 atom stereocenters. The van der Waals surface area contributed by atoms with Crippen LogP contribution in [0.3, 0.4) is 0 Å². The minimum absolute atomic E-state index is 0.0190. The molecule has 2 aromatic rings. The predicted octanol–water partition coefficient (Wildman–Crippen LogP) is 2.62. The molecule has 0 saturated carbocycles. The first-order valence-corrected chi connectivity index (χ1v) is 11.3. The van der Waals surface area contributed by atoms with Gasteiger partial charge in [-0.05, 0) is 55.0 Å². The van der Waals surface area contributed by atoms with Gasteiger partial charge in [-0.2, -0.15) is 0 Å². The highest BCUT2D eigenvalue weighted by atomic mass is 16.2. The average molecular weight is 449 g/mol. The van der Waals surface area contributed by atoms with Gasteiger partial charge in [0.2, 0.25) is 0 Å². The van der Waals surface area contributed by atoms with Crippen molar-refractivity contribution >= 4 is 23.6 Å². The molecule has 33 heavy (non-hydrogen) atoms. The van der Waals surface area contributed by atoms with Crippen LogP contribution >= 0.6 is 0 Å². The molecule has 2 aliphatic rings. The van der Waals surface area contributed by atoms with Crippen molar-refractivity contribution in [3.05, 3.63) is 65.0 Å². The molecule has 172 valence electrons. The fourth-order valence-electron chi connectivity index (χ4n) is 4.31. The normalized spacial score (nSPS) is 16.3. The van der Waals surface area contributed by atoms with E-state index in [1.54, 1.807) is 36.7 Å². The number of imide groups is 1. The van der Waals surface area contributed by atoms with Crippen molar-refractivity contribution in [2.75, 3.05) is 26.2 Å². The van der Waals surface area contributed by atoms with E-state index in [0.717, 1.165) is 12.8 Å². The van der Waals surface area contributed by atoms with Crippen LogP contribution in [0.2, 0.25) is 0 Å². The van der Waals surface area contributed by atoms with E-state index in [2.05, 4.69) is 10.3 Å². The molecule has 2 aliphatic heterocycles. The second-order valence-corrected chi connectivity index (χ2v) is 9.06. The van der Waals surface area contributed by atoms with Gasteiger partial charge in [0.1, 0.15) is 0 Å². The third-order valence-electron chi connectivity index (χ3n) is 6.14. The standard InChI is InChI=1S/C25H28N4O4/c1-16(2)15-29-24(32)20-6-5-18(12-21(20)25(29)33)22(30)27-13-17-7-10-28(11-8-17)23(31)19-4-3-9-26-14-19/h3-6,9,12,14,16-17H,7-8,10-11,13,15H2,1-2H3,(H,27,30). The predicted molar refractivity (Wildman–Crippen MR) is 122 cm³/mol. The lowest BCUT2D eigenvalue weighted by molar-refractivity contribution is 0.0634. The number of rotatable bonds is 6. The number of fused-ring (bicyclic) bond motifs is 1. The maximum atomic E-state index is 12.7. The first kappa shape index (κ1) is 22.6. The second kappa shape index (κ2) is 9.52. The summed E-state index contributed by atoms with van der Waals surface area (Å²) in [6.45, 7) is 6.02. The molecule has 1 saturated heterocycles. The van der Waals surface area contributed by atoms with Crippen LogP contribution in [0.4, 0.5) is 0 Å². The molecule has 0 spiro atoms. The molecule has 3 heterocycles. The van der Waals surface area contributed by atoms with Gasteiger partial charge >= 0.3 is 0 Å². The number of hydrogen-bond donors (Lipinski definition) is 1. The van der Waals surface area contributed by atoms with E-state index in [1.165, 1.54) is 11.0 Å². The van der Waals surface area contributed by atoms with E-state index in [9.17, 15) is 19.2 Å². The van der Waals surface area contributed by atoms with Crippen LogP contribution in [0, 0.1) is 11.8 Å². The maximum absolute atomic E-state index is 12.7. The summed E-state index contributed by atoms with van der Waals surface area (Å²) in [7, 11) is 0. The Morgan fingerprint density at radius 1 is 1.06 bits per heavy atom. The lowest BCUT2D eigenvalue weighted by Crippen LogP contribution is -2.41. The van der Waals surface area contributed by atoms with Crippen LogP contribution in [0.1, 0.15) is 68.1 Å². The smallest absolute Gasteiger partial charge is 0.261 e. The van der Waals surface area contributed by atoms with Gasteiger partial charge in [0.25, 0.3) is 23.6 Å². The quantitative estimate of drug-likeness (QED) is 0.685. The lowest BCUT2D eigenvalue weighted by atomic mass is 9.96. The molecule has 0 unspecified atom stereocenters. The van der Waals surface area contributed by atoms with Crippen molar-refractivity contribution in [3.8, 4) is 0 Å². The first-order chi connectivity index (χ1) is 15.8. The summed E-state index contributed by atoms with van der Waals surface area (Å²) in [4.78, 5) is 57.5. The Labute approximate surface area is 193 Å². The number of piperidine rings is 1. The van der Waals surface area contributed by atoms with Crippen LogP contribution < -0.4 is 5.32 Å². The number of benzene rings is 1. The van der Waals surface area contributed by atoms with E-state index in [0.29, 0.717) is 42.9 Å². The zero-order chi connectivity index (χ0) is 23.5. The van der Waals surface area contributed by atoms with E-state index < -0.39 is 0 Å². The molecule has 1 fully saturated rings. The lowest BCUT2D eigenvalue weighted by Gasteiger charge is -2.32. The minimum atomic E-state index is -0.344. The van der Waals surface area contributed by atoms with Crippen molar-refractivity contribution in [2.45, 2.75) is 26.7 Å². The van der Waals surface area contributed by atoms with Gasteiger partial charge in [0, 0.05) is 44.1 Å². The molecule has 1 N–H and O–H groups in total. The van der Waals surface area contributed by atoms with Crippen LogP contribution in [0.15, 0.2) is 42.7 Å². The van der Waals surface area contributed by atoms with Gasteiger partial charge < -0.3 is 10.2 Å². The number of carbonyl (C=O) groups excluding carboxylic acids is 4. The largest absolute Gasteiger partial charge is 0.352 e. The van der Waals surface area contributed by atoms with Crippen LogP contribution in [-0.2, 0) is 0 Å². The van der Waals surface area contributed by atoms with Gasteiger partial charge in [-0.25, -0.2) is 0 Å². The van der Waals surface area contributed by atoms with Crippen LogP contribution in [0.25, 0.3) is 0 Å². The molecule has 0 aliphatic carbocycles. The number of hydrogen-bond acceptors (Lipinski definition) is 5. The number of aromatic nitrogens is 1. The fourth-order valence-corrected chi connectivity index (χ4v) is 4.31. The molecule has 0 radical (unpaired) electrons. The van der Waals surface area contributed by atoms with Crippen molar-refractivity contribution in [1.82, 2.24) is 20.1 Å². The number of pyridine rings is 1. The summed E-state index contributed by atoms with van der Waals surface area (Å²) in [5.74, 6) is -0.497. The number of carbonyl (C=O) groups is 4. The van der Waals surface area contributed by atoms with Gasteiger partial charge in [0.15, 0.2) is 0 Å². The van der Waals surface area contributed by atoms with Crippen molar-refractivity contribution in [1.29, 1.82) is 0 Å². The Hall–Kier alpha value is -3.55. The van der Waals surface area contributed by atoms with E-state index in [1.807, 2.05) is 18.7 Å². The zero-order valence-electron chi connectivity index (χ0n) is 18.9. The zero-order valence-corrected chi connectivity index (χ0v) is 18.9. The number of amides is 4. The van der Waals surface area contributed by atoms with Crippen LogP contribution in [0.5, 0.6) is 0 Å². The van der Waals surface area contributed by atoms with Crippen molar-refractivity contribution in [3.63, 3.8) is 0 Å². The van der Waals surface area contributed by atoms with Crippen molar-refractivity contribution in [2.24, 2.45) is 11.8 Å². The highest BCUT2D eigenvalue weighted by Gasteiger charge is 2.36. The first-order valence-electron chi connectivity index (χ1n) is 11.3. The van der Waals surface area contributed by atoms with Gasteiger partial charge in [-0.3, -0.25) is 29.1 Å². The highest BCUT2D eigenvalue weighted by molar-refractivity contribution is 6.22. The van der Waals surface area contributed by atoms with E-state index in [4.69, 9.17) is 0 Å². The number of nitrogens with one attached hydrogen (secondary N) is 1. The SMILES string of the molecule is CC(C)CN1C(=O)c2ccc(C(=O)NCC3CCN(C(=O)c4cccnc4)CC3)cc2C1=O. The Bertz CT molecular complexity index is 1080. The van der Waals surface area contributed by atoms with Crippen molar-refractivity contribution < 1.29 is 19.2 Å². The molecule has 4 rings (SSSR count). The summed E-state index contributed by atoms with van der Waals surface area (Å²) in [5, 5.41) is 2.94. The Balaban J connectivity index is 1.31. The summed E-state index contributed by atoms with van der Waals surface area (Å²) < 4.78 is 0. The Morgan fingerprint density at radius 2 is 1.79 bits per heavy atom. The monoisotopic (exact) mass is 448 g/mol. The van der Waals surface area contributed by atoms with Gasteiger partial charge in [-0.1, -0.05) is 13.8 Å². The van der Waals surface area contributed by atoms with Gasteiger partial charge in [-0.15, -0.1) is 0 Å². The molecular formula is C25H28N4O4. The summed E-state index contributed by atoms with van der Waals surface area (Å²) in [6, 6.07) is 8.18. The third kappa shape index (κ3) is 4.79. The average Bonchev–Trinajstić information content (AvgIpc) is 3.07. The molecule has 8 heteroatoms. The molecular weight excluding hydrogens is 420 g/mol. The molecule has 8 nitrogen and oxygen atoms in total. The number of likely N-dealkylation sites (tertiary alicyclic amines) is 1. The molecule has 1 aromatic carbocycles. The van der Waals surface area contributed by atoms with Crippen LogP contribution in [-0.4, -0.2) is 64.6 Å². The summed E-state index contributed by atoms with van der Waals surface area (Å²) >= 11 is 0.